The van der Waals surface area contributed by atoms with Gasteiger partial charge in [-0.1, -0.05) is 12.1 Å². The lowest BCUT2D eigenvalue weighted by Gasteiger charge is -2.19. The number of methoxy groups -OCH3 is 1. The summed E-state index contributed by atoms with van der Waals surface area (Å²) in [4.78, 5) is 14.4. The van der Waals surface area contributed by atoms with E-state index >= 15 is 0 Å². The number of benzene rings is 2. The molecule has 132 valence electrons. The third-order valence-corrected chi connectivity index (χ3v) is 4.50. The normalized spacial score (nSPS) is 13.8. The maximum Gasteiger partial charge on any atom is 0.224 e. The van der Waals surface area contributed by atoms with Crippen LogP contribution in [0.2, 0.25) is 0 Å². The van der Waals surface area contributed by atoms with E-state index in [1.165, 1.54) is 6.07 Å². The molecule has 1 saturated heterocycles. The van der Waals surface area contributed by atoms with Gasteiger partial charge in [-0.3, -0.25) is 4.79 Å². The first-order valence-electron chi connectivity index (χ1n) is 8.63. The lowest BCUT2D eigenvalue weighted by molar-refractivity contribution is -0.116. The molecule has 0 bridgehead atoms. The SMILES string of the molecule is COc1ccc(CCC(=O)Nc2cc(N3CCCC3)ccc2F)cc1. The summed E-state index contributed by atoms with van der Waals surface area (Å²) in [6, 6.07) is 12.5. The Hall–Kier alpha value is -2.56. The van der Waals surface area contributed by atoms with Crippen molar-refractivity contribution in [1.29, 1.82) is 0 Å². The van der Waals surface area contributed by atoms with Gasteiger partial charge in [0.15, 0.2) is 0 Å². The summed E-state index contributed by atoms with van der Waals surface area (Å²) in [5.74, 6) is 0.197. The van der Waals surface area contributed by atoms with E-state index in [2.05, 4.69) is 10.2 Å². The monoisotopic (exact) mass is 342 g/mol. The summed E-state index contributed by atoms with van der Waals surface area (Å²) in [5.41, 5.74) is 2.26. The number of nitrogens with zero attached hydrogens (tertiary/aromatic N) is 1. The molecule has 0 atom stereocenters. The zero-order valence-electron chi connectivity index (χ0n) is 14.4. The Kier molecular flexibility index (Phi) is 5.53. The van der Waals surface area contributed by atoms with E-state index < -0.39 is 5.82 Å². The highest BCUT2D eigenvalue weighted by molar-refractivity contribution is 5.91. The van der Waals surface area contributed by atoms with Crippen molar-refractivity contribution in [2.24, 2.45) is 0 Å². The predicted octanol–water partition coefficient (Wildman–Crippen LogP) is 4.01. The standard InChI is InChI=1S/C20H23FN2O2/c1-25-17-8-4-15(5-9-17)6-11-20(24)22-19-14-16(7-10-18(19)21)23-12-2-3-13-23/h4-5,7-10,14H,2-3,6,11-13H2,1H3,(H,22,24). The maximum atomic E-state index is 14.0. The van der Waals surface area contributed by atoms with Crippen molar-refractivity contribution >= 4 is 17.3 Å². The molecule has 1 fully saturated rings. The van der Waals surface area contributed by atoms with Crippen LogP contribution in [0, 0.1) is 5.82 Å². The highest BCUT2D eigenvalue weighted by atomic mass is 19.1. The van der Waals surface area contributed by atoms with Crippen molar-refractivity contribution in [2.75, 3.05) is 30.4 Å². The van der Waals surface area contributed by atoms with Crippen LogP contribution in [0.1, 0.15) is 24.8 Å². The number of aryl methyl sites for hydroxylation is 1. The smallest absolute Gasteiger partial charge is 0.224 e. The molecule has 0 unspecified atom stereocenters. The second-order valence-electron chi connectivity index (χ2n) is 6.25. The third-order valence-electron chi connectivity index (χ3n) is 4.50. The average Bonchev–Trinajstić information content (AvgIpc) is 3.17. The van der Waals surface area contributed by atoms with Crippen LogP contribution >= 0.6 is 0 Å². The van der Waals surface area contributed by atoms with Crippen LogP contribution in [0.25, 0.3) is 0 Å². The number of carbonyl (C=O) groups is 1. The Morgan fingerprint density at radius 1 is 1.16 bits per heavy atom. The Labute approximate surface area is 147 Å². The maximum absolute atomic E-state index is 14.0. The molecule has 1 heterocycles. The van der Waals surface area contributed by atoms with Gasteiger partial charge in [0.2, 0.25) is 5.91 Å². The van der Waals surface area contributed by atoms with E-state index in [0.717, 1.165) is 42.9 Å². The van der Waals surface area contributed by atoms with E-state index in [0.29, 0.717) is 12.8 Å². The number of rotatable bonds is 6. The second-order valence-corrected chi connectivity index (χ2v) is 6.25. The Morgan fingerprint density at radius 2 is 1.88 bits per heavy atom. The number of anilines is 2. The number of amides is 1. The fraction of sp³-hybridized carbons (Fsp3) is 0.350. The van der Waals surface area contributed by atoms with Crippen molar-refractivity contribution < 1.29 is 13.9 Å². The molecular weight excluding hydrogens is 319 g/mol. The first kappa shape index (κ1) is 17.3. The number of hydrogen-bond acceptors (Lipinski definition) is 3. The molecule has 25 heavy (non-hydrogen) atoms. The highest BCUT2D eigenvalue weighted by Gasteiger charge is 2.15. The molecule has 3 rings (SSSR count). The van der Waals surface area contributed by atoms with Crippen molar-refractivity contribution in [3.63, 3.8) is 0 Å². The second kappa shape index (κ2) is 8.01. The summed E-state index contributed by atoms with van der Waals surface area (Å²) < 4.78 is 19.1. The fourth-order valence-corrected chi connectivity index (χ4v) is 3.04. The van der Waals surface area contributed by atoms with Gasteiger partial charge in [0, 0.05) is 25.2 Å². The van der Waals surface area contributed by atoms with Crippen LogP contribution in [0.4, 0.5) is 15.8 Å². The molecule has 1 N–H and O–H groups in total. The minimum absolute atomic E-state index is 0.187. The third kappa shape index (κ3) is 4.50. The Balaban J connectivity index is 1.59. The molecule has 5 heteroatoms. The van der Waals surface area contributed by atoms with Crippen molar-refractivity contribution in [2.45, 2.75) is 25.7 Å². The Bertz CT molecular complexity index is 725. The summed E-state index contributed by atoms with van der Waals surface area (Å²) in [6.07, 6.45) is 3.21. The lowest BCUT2D eigenvalue weighted by Crippen LogP contribution is -2.19. The number of hydrogen-bond donors (Lipinski definition) is 1. The molecule has 0 spiro atoms. The highest BCUT2D eigenvalue weighted by Crippen LogP contribution is 2.26. The fourth-order valence-electron chi connectivity index (χ4n) is 3.04. The molecular formula is C20H23FN2O2. The van der Waals surface area contributed by atoms with Crippen LogP contribution in [-0.4, -0.2) is 26.1 Å². The zero-order valence-corrected chi connectivity index (χ0v) is 14.4. The van der Waals surface area contributed by atoms with Crippen LogP contribution in [0.15, 0.2) is 42.5 Å². The molecule has 1 amide bonds. The van der Waals surface area contributed by atoms with Gasteiger partial charge >= 0.3 is 0 Å². The van der Waals surface area contributed by atoms with Gasteiger partial charge in [-0.05, 0) is 55.2 Å². The van der Waals surface area contributed by atoms with Crippen LogP contribution in [-0.2, 0) is 11.2 Å². The predicted molar refractivity (Wildman–Crippen MR) is 97.8 cm³/mol. The molecule has 1 aliphatic heterocycles. The lowest BCUT2D eigenvalue weighted by atomic mass is 10.1. The average molecular weight is 342 g/mol. The molecule has 1 aliphatic rings. The van der Waals surface area contributed by atoms with Crippen LogP contribution in [0.3, 0.4) is 0 Å². The first-order chi connectivity index (χ1) is 12.2. The molecule has 2 aromatic rings. The summed E-state index contributed by atoms with van der Waals surface area (Å²) >= 11 is 0. The molecule has 0 radical (unpaired) electrons. The minimum atomic E-state index is -0.402. The van der Waals surface area contributed by atoms with Crippen LogP contribution < -0.4 is 15.0 Å². The van der Waals surface area contributed by atoms with Gasteiger partial charge in [0.05, 0.1) is 12.8 Å². The van der Waals surface area contributed by atoms with Crippen molar-refractivity contribution in [3.8, 4) is 5.75 Å². The van der Waals surface area contributed by atoms with E-state index in [4.69, 9.17) is 4.74 Å². The molecule has 0 aromatic heterocycles. The topological polar surface area (TPSA) is 41.6 Å². The van der Waals surface area contributed by atoms with Gasteiger partial charge in [-0.15, -0.1) is 0 Å². The van der Waals surface area contributed by atoms with Crippen molar-refractivity contribution in [3.05, 3.63) is 53.8 Å². The number of carbonyl (C=O) groups excluding carboxylic acids is 1. The van der Waals surface area contributed by atoms with Gasteiger partial charge in [0.1, 0.15) is 11.6 Å². The summed E-state index contributed by atoms with van der Waals surface area (Å²) in [7, 11) is 1.62. The first-order valence-corrected chi connectivity index (χ1v) is 8.63. The van der Waals surface area contributed by atoms with Gasteiger partial charge in [0.25, 0.3) is 0 Å². The minimum Gasteiger partial charge on any atom is -0.497 e. The van der Waals surface area contributed by atoms with E-state index in [-0.39, 0.29) is 11.6 Å². The van der Waals surface area contributed by atoms with Gasteiger partial charge in [-0.2, -0.15) is 0 Å². The van der Waals surface area contributed by atoms with Crippen LogP contribution in [0.5, 0.6) is 5.75 Å². The summed E-state index contributed by atoms with van der Waals surface area (Å²) in [5, 5.41) is 2.70. The van der Waals surface area contributed by atoms with Gasteiger partial charge in [-0.25, -0.2) is 4.39 Å². The molecule has 2 aromatic carbocycles. The van der Waals surface area contributed by atoms with Gasteiger partial charge < -0.3 is 15.0 Å². The zero-order chi connectivity index (χ0) is 17.6. The number of halogens is 1. The summed E-state index contributed by atoms with van der Waals surface area (Å²) in [6.45, 7) is 1.97. The van der Waals surface area contributed by atoms with E-state index in [1.807, 2.05) is 24.3 Å². The number of nitrogens with one attached hydrogen (secondary N) is 1. The van der Waals surface area contributed by atoms with E-state index in [1.54, 1.807) is 19.2 Å². The molecule has 4 nitrogen and oxygen atoms in total. The Morgan fingerprint density at radius 3 is 2.56 bits per heavy atom. The molecule has 0 saturated carbocycles. The van der Waals surface area contributed by atoms with Crippen molar-refractivity contribution in [1.82, 2.24) is 0 Å². The van der Waals surface area contributed by atoms with E-state index in [9.17, 15) is 9.18 Å². The quantitative estimate of drug-likeness (QED) is 0.862. The number of ether oxygens (including phenoxy) is 1. The largest absolute Gasteiger partial charge is 0.497 e. The molecule has 0 aliphatic carbocycles.